The molecule has 0 radical (unpaired) electrons. The molecule has 2 amide bonds. The molecule has 150 valence electrons. The first-order chi connectivity index (χ1) is 13.6. The summed E-state index contributed by atoms with van der Waals surface area (Å²) in [7, 11) is -3.83. The van der Waals surface area contributed by atoms with E-state index >= 15 is 0 Å². The van der Waals surface area contributed by atoms with Gasteiger partial charge in [-0.2, -0.15) is 0 Å². The minimum Gasteiger partial charge on any atom is -0.507 e. The first-order valence-electron chi connectivity index (χ1n) is 8.11. The summed E-state index contributed by atoms with van der Waals surface area (Å²) in [4.78, 5) is 26.2. The van der Waals surface area contributed by atoms with Crippen molar-refractivity contribution in [3.8, 4) is 5.75 Å². The van der Waals surface area contributed by atoms with Crippen LogP contribution in [0.3, 0.4) is 0 Å². The van der Waals surface area contributed by atoms with Crippen molar-refractivity contribution in [1.29, 1.82) is 0 Å². The van der Waals surface area contributed by atoms with E-state index in [1.54, 1.807) is 18.2 Å². The third-order valence-corrected chi connectivity index (χ3v) is 6.17. The number of rotatable bonds is 5. The van der Waals surface area contributed by atoms with Gasteiger partial charge in [-0.05, 0) is 36.4 Å². The van der Waals surface area contributed by atoms with Crippen molar-refractivity contribution in [2.75, 3.05) is 11.9 Å². The topological polar surface area (TPSA) is 130 Å². The minimum absolute atomic E-state index is 0.0263. The normalized spacial score (nSPS) is 15.8. The fraction of sp³-hybridized carbons (Fsp3) is 0.0556. The summed E-state index contributed by atoms with van der Waals surface area (Å²) in [5.74, 6) is -0.921. The maximum atomic E-state index is 12.6. The summed E-state index contributed by atoms with van der Waals surface area (Å²) < 4.78 is 22.7. The fourth-order valence-electron chi connectivity index (χ4n) is 2.46. The van der Waals surface area contributed by atoms with Crippen LogP contribution in [0, 0.1) is 0 Å². The van der Waals surface area contributed by atoms with Gasteiger partial charge < -0.3 is 10.4 Å². The zero-order valence-corrected chi connectivity index (χ0v) is 17.2. The molecule has 8 nitrogen and oxygen atoms in total. The second-order valence-electron chi connectivity index (χ2n) is 5.94. The van der Waals surface area contributed by atoms with E-state index in [1.165, 1.54) is 36.4 Å². The van der Waals surface area contributed by atoms with E-state index in [9.17, 15) is 23.1 Å². The molecule has 1 aliphatic rings. The van der Waals surface area contributed by atoms with E-state index in [0.29, 0.717) is 16.2 Å². The van der Waals surface area contributed by atoms with E-state index in [2.05, 4.69) is 5.32 Å². The molecule has 0 aromatic heterocycles. The lowest BCUT2D eigenvalue weighted by Gasteiger charge is -2.14. The number of phenols is 1. The number of hydrogen-bond acceptors (Lipinski definition) is 7. The van der Waals surface area contributed by atoms with Crippen molar-refractivity contribution >= 4 is 61.9 Å². The number of benzene rings is 2. The van der Waals surface area contributed by atoms with Gasteiger partial charge in [0.05, 0.1) is 9.80 Å². The predicted octanol–water partition coefficient (Wildman–Crippen LogP) is 1.88. The molecule has 0 atom stereocenters. The van der Waals surface area contributed by atoms with Crippen LogP contribution in [0.25, 0.3) is 6.08 Å². The standard InChI is InChI=1S/C18H15N3O5S3/c19-29(25,26)13-7-5-12(6-8-13)20-16(23)10-21-17(24)15(28-18(21)27)9-11-3-1-2-4-14(11)22/h1-9,22H,10H2,(H,20,23)(H2,19,25,26)/b15-9-. The number of nitrogens with two attached hydrogens (primary N) is 1. The van der Waals surface area contributed by atoms with Gasteiger partial charge in [0.1, 0.15) is 16.6 Å². The van der Waals surface area contributed by atoms with Crippen molar-refractivity contribution in [3.05, 3.63) is 59.0 Å². The van der Waals surface area contributed by atoms with Gasteiger partial charge in [-0.25, -0.2) is 13.6 Å². The van der Waals surface area contributed by atoms with E-state index in [4.69, 9.17) is 17.4 Å². The molecule has 1 heterocycles. The first-order valence-corrected chi connectivity index (χ1v) is 10.9. The van der Waals surface area contributed by atoms with Gasteiger partial charge in [0.25, 0.3) is 5.91 Å². The lowest BCUT2D eigenvalue weighted by Crippen LogP contribution is -2.36. The Kier molecular flexibility index (Phi) is 6.03. The van der Waals surface area contributed by atoms with Crippen molar-refractivity contribution < 1.29 is 23.1 Å². The highest BCUT2D eigenvalue weighted by Gasteiger charge is 2.33. The summed E-state index contributed by atoms with van der Waals surface area (Å²) in [5, 5.41) is 17.4. The Morgan fingerprint density at radius 1 is 1.21 bits per heavy atom. The Labute approximate surface area is 176 Å². The zero-order chi connectivity index (χ0) is 21.2. The third-order valence-electron chi connectivity index (χ3n) is 3.87. The van der Waals surface area contributed by atoms with Crippen molar-refractivity contribution in [2.45, 2.75) is 4.90 Å². The molecule has 0 unspecified atom stereocenters. The zero-order valence-electron chi connectivity index (χ0n) is 14.7. The number of para-hydroxylation sites is 1. The summed E-state index contributed by atoms with van der Waals surface area (Å²) >= 11 is 6.22. The van der Waals surface area contributed by atoms with Crippen LogP contribution in [-0.4, -0.2) is 41.1 Å². The largest absolute Gasteiger partial charge is 0.507 e. The Hall–Kier alpha value is -2.73. The summed E-state index contributed by atoms with van der Waals surface area (Å²) in [5.41, 5.74) is 0.810. The number of amides is 2. The van der Waals surface area contributed by atoms with E-state index < -0.39 is 21.8 Å². The molecule has 2 aromatic carbocycles. The summed E-state index contributed by atoms with van der Waals surface area (Å²) in [6.45, 7) is -0.306. The third kappa shape index (κ3) is 5.01. The number of aromatic hydroxyl groups is 1. The minimum atomic E-state index is -3.83. The van der Waals surface area contributed by atoms with Crippen LogP contribution in [-0.2, 0) is 19.6 Å². The lowest BCUT2D eigenvalue weighted by atomic mass is 10.2. The number of thioether (sulfide) groups is 1. The Morgan fingerprint density at radius 2 is 1.86 bits per heavy atom. The Bertz CT molecular complexity index is 1130. The molecular weight excluding hydrogens is 434 g/mol. The molecule has 0 saturated carbocycles. The second-order valence-corrected chi connectivity index (χ2v) is 9.18. The van der Waals surface area contributed by atoms with Crippen LogP contribution >= 0.6 is 24.0 Å². The van der Waals surface area contributed by atoms with Crippen LogP contribution in [0.1, 0.15) is 5.56 Å². The molecule has 4 N–H and O–H groups in total. The number of hydrogen-bond donors (Lipinski definition) is 3. The van der Waals surface area contributed by atoms with Crippen LogP contribution in [0.5, 0.6) is 5.75 Å². The Balaban J connectivity index is 1.68. The van der Waals surface area contributed by atoms with E-state index in [0.717, 1.165) is 16.7 Å². The van der Waals surface area contributed by atoms with Crippen molar-refractivity contribution in [3.63, 3.8) is 0 Å². The SMILES string of the molecule is NS(=O)(=O)c1ccc(NC(=O)CN2C(=O)/C(=C/c3ccccc3O)SC2=S)cc1. The maximum absolute atomic E-state index is 12.6. The molecule has 0 aliphatic carbocycles. The number of phenolic OH excluding ortho intramolecular Hbond substituents is 1. The van der Waals surface area contributed by atoms with Crippen LogP contribution in [0.15, 0.2) is 58.3 Å². The molecule has 1 saturated heterocycles. The fourth-order valence-corrected chi connectivity index (χ4v) is 4.22. The van der Waals surface area contributed by atoms with E-state index in [1.807, 2.05) is 0 Å². The van der Waals surface area contributed by atoms with Gasteiger partial charge >= 0.3 is 0 Å². The van der Waals surface area contributed by atoms with Crippen LogP contribution in [0.2, 0.25) is 0 Å². The van der Waals surface area contributed by atoms with Gasteiger partial charge in [0.15, 0.2) is 0 Å². The molecule has 0 bridgehead atoms. The molecule has 3 rings (SSSR count). The summed E-state index contributed by atoms with van der Waals surface area (Å²) in [6, 6.07) is 11.8. The monoisotopic (exact) mass is 449 g/mol. The maximum Gasteiger partial charge on any atom is 0.266 e. The number of nitrogens with one attached hydrogen (secondary N) is 1. The number of primary sulfonamides is 1. The van der Waals surface area contributed by atoms with Gasteiger partial charge in [-0.15, -0.1) is 0 Å². The van der Waals surface area contributed by atoms with Gasteiger partial charge in [0, 0.05) is 11.3 Å². The lowest BCUT2D eigenvalue weighted by molar-refractivity contribution is -0.126. The smallest absolute Gasteiger partial charge is 0.266 e. The number of carbonyl (C=O) groups is 2. The highest BCUT2D eigenvalue weighted by Crippen LogP contribution is 2.33. The van der Waals surface area contributed by atoms with Gasteiger partial charge in [-0.3, -0.25) is 14.5 Å². The number of nitrogens with zero attached hydrogens (tertiary/aromatic N) is 1. The second kappa shape index (κ2) is 8.33. The quantitative estimate of drug-likeness (QED) is 0.469. The van der Waals surface area contributed by atoms with Crippen molar-refractivity contribution in [1.82, 2.24) is 4.90 Å². The molecule has 29 heavy (non-hydrogen) atoms. The number of sulfonamides is 1. The average Bonchev–Trinajstić information content (AvgIpc) is 2.91. The molecule has 11 heteroatoms. The Morgan fingerprint density at radius 3 is 2.48 bits per heavy atom. The average molecular weight is 450 g/mol. The van der Waals surface area contributed by atoms with Gasteiger partial charge in [-0.1, -0.05) is 42.2 Å². The molecule has 1 fully saturated rings. The highest BCUT2D eigenvalue weighted by molar-refractivity contribution is 8.26. The van der Waals surface area contributed by atoms with E-state index in [-0.39, 0.29) is 21.5 Å². The number of carbonyl (C=O) groups excluding carboxylic acids is 2. The molecule has 0 spiro atoms. The van der Waals surface area contributed by atoms with Crippen LogP contribution < -0.4 is 10.5 Å². The molecular formula is C18H15N3O5S3. The van der Waals surface area contributed by atoms with Crippen LogP contribution in [0.4, 0.5) is 5.69 Å². The number of anilines is 1. The molecule has 2 aromatic rings. The highest BCUT2D eigenvalue weighted by atomic mass is 32.2. The van der Waals surface area contributed by atoms with Gasteiger partial charge in [0.2, 0.25) is 15.9 Å². The number of thiocarbonyl (C=S) groups is 1. The first kappa shape index (κ1) is 21.0. The summed E-state index contributed by atoms with van der Waals surface area (Å²) in [6.07, 6.45) is 1.51. The molecule has 1 aliphatic heterocycles. The van der Waals surface area contributed by atoms with Crippen molar-refractivity contribution in [2.24, 2.45) is 5.14 Å². The predicted molar refractivity (Wildman–Crippen MR) is 114 cm³/mol.